The molecule has 1 aliphatic heterocycles. The first kappa shape index (κ1) is 6.60. The van der Waals surface area contributed by atoms with Crippen LogP contribution in [-0.4, -0.2) is 17.4 Å². The molecule has 0 aromatic rings. The second-order valence-electron chi connectivity index (χ2n) is 1.77. The van der Waals surface area contributed by atoms with E-state index in [2.05, 4.69) is 5.32 Å². The van der Waals surface area contributed by atoms with Crippen molar-refractivity contribution in [3.05, 3.63) is 0 Å². The van der Waals surface area contributed by atoms with E-state index >= 15 is 0 Å². The molecule has 0 amide bonds. The number of nitrogens with one attached hydrogen (secondary N) is 1. The Hall–Kier alpha value is 0.478. The molecule has 1 fully saturated rings. The summed E-state index contributed by atoms with van der Waals surface area (Å²) in [7, 11) is 0. The predicted octanol–water partition coefficient (Wildman–Crippen LogP) is 0.0206. The van der Waals surface area contributed by atoms with Gasteiger partial charge < -0.3 is 0 Å². The molecule has 1 aliphatic rings. The molecule has 0 aromatic carbocycles. The van der Waals surface area contributed by atoms with E-state index in [-0.39, 0.29) is 0 Å². The summed E-state index contributed by atoms with van der Waals surface area (Å²) in [6.45, 7) is 2.00. The molecule has 8 heavy (non-hydrogen) atoms. The second-order valence-corrected chi connectivity index (χ2v) is 3.10. The number of ether oxygens (including phenoxy) is 1. The van der Waals surface area contributed by atoms with Crippen LogP contribution in [0.5, 0.6) is 0 Å². The molecule has 46 valence electrons. The minimum absolute atomic E-state index is 0.909. The molecule has 0 bridgehead atoms. The van der Waals surface area contributed by atoms with Crippen molar-refractivity contribution >= 4 is 4.21 Å². The number of hydrogen-bond donors (Lipinski definition) is 1. The average molecular weight is 283 g/mol. The molecule has 1 N–H and O–H groups in total. The monoisotopic (exact) mass is 283 g/mol. The average Bonchev–Trinajstić information content (AvgIpc) is 1.94. The van der Waals surface area contributed by atoms with Crippen molar-refractivity contribution in [3.63, 3.8) is 0 Å². The molecule has 0 aliphatic carbocycles. The minimum atomic E-state index is 0.909. The van der Waals surface area contributed by atoms with Crippen LogP contribution in [0.1, 0.15) is 12.8 Å². The molecule has 0 atom stereocenters. The Morgan fingerprint density at radius 3 is 3.25 bits per heavy atom. The van der Waals surface area contributed by atoms with E-state index in [1.165, 1.54) is 32.2 Å². The van der Waals surface area contributed by atoms with Gasteiger partial charge in [-0.25, -0.2) is 0 Å². The molecule has 0 radical (unpaired) electrons. The van der Waals surface area contributed by atoms with Gasteiger partial charge in [-0.05, 0) is 0 Å². The van der Waals surface area contributed by atoms with Crippen molar-refractivity contribution in [2.24, 2.45) is 0 Å². The topological polar surface area (TPSA) is 21.3 Å². The van der Waals surface area contributed by atoms with E-state index in [1.807, 2.05) is 0 Å². The van der Waals surface area contributed by atoms with E-state index < -0.39 is 0 Å². The second kappa shape index (κ2) is 3.49. The first-order valence-corrected chi connectivity index (χ1v) is 4.27. The maximum atomic E-state index is 5.25. The van der Waals surface area contributed by atoms with Gasteiger partial charge >= 0.3 is 59.6 Å². The van der Waals surface area contributed by atoms with Crippen LogP contribution in [-0.2, 0) is 24.1 Å². The summed E-state index contributed by atoms with van der Waals surface area (Å²) in [6.07, 6.45) is 2.44. The fraction of sp³-hybridized carbons (Fsp3) is 0.800. The van der Waals surface area contributed by atoms with Crippen molar-refractivity contribution in [2.75, 3.05) is 13.2 Å². The van der Waals surface area contributed by atoms with Gasteiger partial charge in [0.15, 0.2) is 0 Å². The van der Waals surface area contributed by atoms with E-state index in [0.717, 1.165) is 17.4 Å². The van der Waals surface area contributed by atoms with E-state index in [9.17, 15) is 0 Å². The van der Waals surface area contributed by atoms with Crippen LogP contribution in [0.4, 0.5) is 0 Å². The summed E-state index contributed by atoms with van der Waals surface area (Å²) in [4.78, 5) is 0. The van der Waals surface area contributed by atoms with Gasteiger partial charge in [-0.1, -0.05) is 0 Å². The molecular weight excluding hydrogens is 274 g/mol. The Kier molecular flexibility index (Phi) is 2.88. The SMILES string of the molecule is [W]=[C]1NCCCCO1. The van der Waals surface area contributed by atoms with Crippen molar-refractivity contribution in [1.82, 2.24) is 5.32 Å². The van der Waals surface area contributed by atoms with E-state index in [4.69, 9.17) is 4.74 Å². The van der Waals surface area contributed by atoms with Gasteiger partial charge in [0.2, 0.25) is 0 Å². The maximum absolute atomic E-state index is 5.25. The van der Waals surface area contributed by atoms with Gasteiger partial charge in [0.1, 0.15) is 0 Å². The molecule has 2 nitrogen and oxygen atoms in total. The van der Waals surface area contributed by atoms with Crippen LogP contribution in [0.2, 0.25) is 0 Å². The van der Waals surface area contributed by atoms with Crippen molar-refractivity contribution < 1.29 is 24.1 Å². The van der Waals surface area contributed by atoms with E-state index in [0.29, 0.717) is 0 Å². The van der Waals surface area contributed by atoms with Gasteiger partial charge in [-0.3, -0.25) is 0 Å². The predicted molar refractivity (Wildman–Crippen MR) is 28.2 cm³/mol. The number of rotatable bonds is 0. The molecule has 1 rings (SSSR count). The summed E-state index contributed by atoms with van der Waals surface area (Å²) < 4.78 is 6.30. The zero-order valence-corrected chi connectivity index (χ0v) is 7.58. The Morgan fingerprint density at radius 1 is 1.50 bits per heavy atom. The molecule has 0 unspecified atom stereocenters. The Bertz CT molecular complexity index is 84.4. The van der Waals surface area contributed by atoms with Crippen LogP contribution >= 0.6 is 0 Å². The fourth-order valence-electron chi connectivity index (χ4n) is 0.633. The van der Waals surface area contributed by atoms with Crippen molar-refractivity contribution in [1.29, 1.82) is 0 Å². The summed E-state index contributed by atoms with van der Waals surface area (Å²) >= 11 is 1.40. The first-order chi connectivity index (χ1) is 3.89. The fourth-order valence-corrected chi connectivity index (χ4v) is 1.30. The summed E-state index contributed by atoms with van der Waals surface area (Å²) in [5.74, 6) is 0. The Balaban J connectivity index is 2.27. The molecule has 1 heterocycles. The molecule has 0 saturated carbocycles. The summed E-state index contributed by atoms with van der Waals surface area (Å²) in [6, 6.07) is 0. The van der Waals surface area contributed by atoms with E-state index in [1.54, 1.807) is 0 Å². The van der Waals surface area contributed by atoms with Crippen molar-refractivity contribution in [3.8, 4) is 0 Å². The normalized spacial score (nSPS) is 22.8. The number of hydrogen-bond acceptors (Lipinski definition) is 2. The summed E-state index contributed by atoms with van der Waals surface area (Å²) in [5.41, 5.74) is 0. The van der Waals surface area contributed by atoms with Crippen molar-refractivity contribution in [2.45, 2.75) is 12.8 Å². The Morgan fingerprint density at radius 2 is 2.38 bits per heavy atom. The Labute approximate surface area is 60.0 Å². The van der Waals surface area contributed by atoms with Gasteiger partial charge in [-0.15, -0.1) is 0 Å². The van der Waals surface area contributed by atoms with Gasteiger partial charge in [0.05, 0.1) is 0 Å². The third kappa shape index (κ3) is 2.16. The quantitative estimate of drug-likeness (QED) is 0.677. The zero-order chi connectivity index (χ0) is 5.82. The standard InChI is InChI=1S/C5H9NO.W/c1-2-4-7-5-6-3-1;/h6H,1-4H2;. The van der Waals surface area contributed by atoms with Crippen LogP contribution < -0.4 is 5.32 Å². The van der Waals surface area contributed by atoms with Crippen LogP contribution in [0, 0.1) is 0 Å². The van der Waals surface area contributed by atoms with Gasteiger partial charge in [0.25, 0.3) is 0 Å². The molecule has 0 aromatic heterocycles. The molecule has 1 saturated heterocycles. The first-order valence-electron chi connectivity index (χ1n) is 2.80. The third-order valence-electron chi connectivity index (χ3n) is 1.07. The molecule has 0 spiro atoms. The third-order valence-corrected chi connectivity index (χ3v) is 2.02. The zero-order valence-electron chi connectivity index (χ0n) is 4.64. The van der Waals surface area contributed by atoms with Crippen LogP contribution in [0.15, 0.2) is 0 Å². The van der Waals surface area contributed by atoms with Gasteiger partial charge in [0, 0.05) is 0 Å². The van der Waals surface area contributed by atoms with Crippen LogP contribution in [0.25, 0.3) is 0 Å². The molecule has 3 heteroatoms. The van der Waals surface area contributed by atoms with Crippen LogP contribution in [0.3, 0.4) is 0 Å². The summed E-state index contributed by atoms with van der Waals surface area (Å²) in [5, 5.41) is 3.18. The van der Waals surface area contributed by atoms with Gasteiger partial charge in [-0.2, -0.15) is 0 Å². The molecular formula is C5H9NOW.